The Bertz CT molecular complexity index is 1110. The third-order valence-corrected chi connectivity index (χ3v) is 6.70. The number of benzene rings is 2. The predicted octanol–water partition coefficient (Wildman–Crippen LogP) is 5.66. The fourth-order valence-electron chi connectivity index (χ4n) is 4.00. The number of amides is 1. The molecule has 2 aromatic carbocycles. The highest BCUT2D eigenvalue weighted by Gasteiger charge is 2.21. The van der Waals surface area contributed by atoms with Gasteiger partial charge in [0.1, 0.15) is 11.8 Å². The number of thioether (sulfide) groups is 1. The lowest BCUT2D eigenvalue weighted by molar-refractivity contribution is -0.145. The van der Waals surface area contributed by atoms with Crippen molar-refractivity contribution >= 4 is 23.6 Å². The molecule has 1 aromatic heterocycles. The zero-order valence-electron chi connectivity index (χ0n) is 20.9. The van der Waals surface area contributed by atoms with Crippen molar-refractivity contribution in [2.24, 2.45) is 0 Å². The number of aromatic nitrogens is 1. The number of esters is 1. The van der Waals surface area contributed by atoms with Crippen molar-refractivity contribution in [2.45, 2.75) is 50.0 Å². The van der Waals surface area contributed by atoms with Gasteiger partial charge in [-0.05, 0) is 85.3 Å². The maximum atomic E-state index is 12.7. The third kappa shape index (κ3) is 6.92. The summed E-state index contributed by atoms with van der Waals surface area (Å²) in [4.78, 5) is 26.0. The molecule has 1 atom stereocenters. The van der Waals surface area contributed by atoms with Gasteiger partial charge < -0.3 is 19.4 Å². The number of carbonyl (C=O) groups excluding carboxylic acids is 2. The van der Waals surface area contributed by atoms with E-state index in [0.717, 1.165) is 41.2 Å². The van der Waals surface area contributed by atoms with Crippen molar-refractivity contribution in [3.05, 3.63) is 66.4 Å². The first-order valence-corrected chi connectivity index (χ1v) is 13.1. The van der Waals surface area contributed by atoms with Gasteiger partial charge in [-0.1, -0.05) is 19.8 Å². The molecule has 6 nitrogen and oxygen atoms in total. The molecule has 3 rings (SSSR count). The minimum Gasteiger partial charge on any atom is -0.497 e. The van der Waals surface area contributed by atoms with E-state index in [2.05, 4.69) is 59.5 Å². The third-order valence-electron chi connectivity index (χ3n) is 5.95. The SMILES string of the molecule is CCCCC(NC(=O)CCc1ccc(-c2ccc(OC)cc2)n1-c1ccc(SC)cc1)C(=O)OC. The van der Waals surface area contributed by atoms with Gasteiger partial charge in [0.05, 0.1) is 19.9 Å². The Balaban J connectivity index is 1.84. The highest BCUT2D eigenvalue weighted by molar-refractivity contribution is 7.98. The Morgan fingerprint density at radius 1 is 1.00 bits per heavy atom. The molecule has 1 unspecified atom stereocenters. The molecule has 0 saturated carbocycles. The molecule has 0 aliphatic heterocycles. The first-order valence-electron chi connectivity index (χ1n) is 11.9. The van der Waals surface area contributed by atoms with E-state index in [1.54, 1.807) is 18.9 Å². The molecule has 1 heterocycles. The molecule has 1 amide bonds. The second-order valence-electron chi connectivity index (χ2n) is 8.26. The lowest BCUT2D eigenvalue weighted by atomic mass is 10.1. The average Bonchev–Trinajstić information content (AvgIpc) is 3.33. The van der Waals surface area contributed by atoms with Gasteiger partial charge in [-0.15, -0.1) is 11.8 Å². The highest BCUT2D eigenvalue weighted by Crippen LogP contribution is 2.29. The van der Waals surface area contributed by atoms with Crippen molar-refractivity contribution in [3.63, 3.8) is 0 Å². The molecule has 0 radical (unpaired) electrons. The van der Waals surface area contributed by atoms with Crippen LogP contribution in [0.3, 0.4) is 0 Å². The Kier molecular flexibility index (Phi) is 9.85. The summed E-state index contributed by atoms with van der Waals surface area (Å²) >= 11 is 1.70. The molecule has 186 valence electrons. The first-order chi connectivity index (χ1) is 17.0. The van der Waals surface area contributed by atoms with Crippen LogP contribution in [0.25, 0.3) is 16.9 Å². The Morgan fingerprint density at radius 3 is 2.31 bits per heavy atom. The number of aryl methyl sites for hydroxylation is 1. The van der Waals surface area contributed by atoms with E-state index < -0.39 is 12.0 Å². The van der Waals surface area contributed by atoms with Gasteiger partial charge in [-0.2, -0.15) is 0 Å². The number of rotatable bonds is 12. The van der Waals surface area contributed by atoms with Gasteiger partial charge in [0.2, 0.25) is 5.91 Å². The quantitative estimate of drug-likeness (QED) is 0.260. The van der Waals surface area contributed by atoms with Gasteiger partial charge in [0.25, 0.3) is 0 Å². The van der Waals surface area contributed by atoms with Crippen LogP contribution in [0.2, 0.25) is 0 Å². The fraction of sp³-hybridized carbons (Fsp3) is 0.357. The molecule has 7 heteroatoms. The number of hydrogen-bond acceptors (Lipinski definition) is 5. The summed E-state index contributed by atoms with van der Waals surface area (Å²) in [6, 6.07) is 19.9. The second-order valence-corrected chi connectivity index (χ2v) is 9.14. The lowest BCUT2D eigenvalue weighted by Gasteiger charge is -2.17. The van der Waals surface area contributed by atoms with Gasteiger partial charge in [-0.3, -0.25) is 4.79 Å². The molecule has 3 aromatic rings. The maximum Gasteiger partial charge on any atom is 0.328 e. The molecule has 0 spiro atoms. The normalized spacial score (nSPS) is 11.7. The summed E-state index contributed by atoms with van der Waals surface area (Å²) < 4.78 is 12.4. The molecule has 0 aliphatic rings. The Hall–Kier alpha value is -3.19. The van der Waals surface area contributed by atoms with Gasteiger partial charge >= 0.3 is 5.97 Å². The number of unbranched alkanes of at least 4 members (excludes halogenated alkanes) is 1. The first kappa shape index (κ1) is 26.4. The summed E-state index contributed by atoms with van der Waals surface area (Å²) in [5.74, 6) is 0.245. The van der Waals surface area contributed by atoms with Gasteiger partial charge in [0.15, 0.2) is 0 Å². The fourth-order valence-corrected chi connectivity index (χ4v) is 4.41. The van der Waals surface area contributed by atoms with Crippen LogP contribution in [-0.2, 0) is 20.7 Å². The van der Waals surface area contributed by atoms with Crippen LogP contribution in [0.1, 0.15) is 38.3 Å². The Labute approximate surface area is 212 Å². The monoisotopic (exact) mass is 494 g/mol. The zero-order valence-corrected chi connectivity index (χ0v) is 21.7. The molecule has 1 N–H and O–H groups in total. The number of ether oxygens (including phenoxy) is 2. The number of methoxy groups -OCH3 is 2. The van der Waals surface area contributed by atoms with Crippen LogP contribution >= 0.6 is 11.8 Å². The predicted molar refractivity (Wildman–Crippen MR) is 141 cm³/mol. The topological polar surface area (TPSA) is 69.6 Å². The summed E-state index contributed by atoms with van der Waals surface area (Å²) in [6.07, 6.45) is 5.23. The van der Waals surface area contributed by atoms with E-state index >= 15 is 0 Å². The molecule has 0 aliphatic carbocycles. The van der Waals surface area contributed by atoms with Crippen molar-refractivity contribution in [3.8, 4) is 22.7 Å². The van der Waals surface area contributed by atoms with Crippen LogP contribution in [0, 0.1) is 0 Å². The lowest BCUT2D eigenvalue weighted by Crippen LogP contribution is -2.41. The van der Waals surface area contributed by atoms with Crippen LogP contribution in [0.4, 0.5) is 0 Å². The smallest absolute Gasteiger partial charge is 0.328 e. The van der Waals surface area contributed by atoms with Crippen LogP contribution in [0.5, 0.6) is 5.75 Å². The molecular formula is C28H34N2O4S. The van der Waals surface area contributed by atoms with Crippen molar-refractivity contribution < 1.29 is 19.1 Å². The minimum absolute atomic E-state index is 0.159. The van der Waals surface area contributed by atoms with Crippen LogP contribution in [0.15, 0.2) is 65.6 Å². The standard InChI is InChI=1S/C28H34N2O4S/c1-5-6-7-25(28(32)34-3)29-27(31)19-13-22-12-18-26(20-8-14-23(33-2)15-9-20)30(22)21-10-16-24(35-4)17-11-21/h8-12,14-18,25H,5-7,13,19H2,1-4H3,(H,29,31). The van der Waals surface area contributed by atoms with E-state index in [1.807, 2.05) is 24.3 Å². The van der Waals surface area contributed by atoms with Crippen molar-refractivity contribution in [1.29, 1.82) is 0 Å². The number of hydrogen-bond donors (Lipinski definition) is 1. The molecule has 0 bridgehead atoms. The van der Waals surface area contributed by atoms with Crippen molar-refractivity contribution in [2.75, 3.05) is 20.5 Å². The van der Waals surface area contributed by atoms with E-state index in [9.17, 15) is 9.59 Å². The largest absolute Gasteiger partial charge is 0.497 e. The molecule has 0 fully saturated rings. The maximum absolute atomic E-state index is 12.7. The summed E-state index contributed by atoms with van der Waals surface area (Å²) in [5, 5.41) is 2.86. The van der Waals surface area contributed by atoms with Crippen LogP contribution < -0.4 is 10.1 Å². The molecular weight excluding hydrogens is 460 g/mol. The van der Waals surface area contributed by atoms with E-state index in [1.165, 1.54) is 12.0 Å². The van der Waals surface area contributed by atoms with Crippen molar-refractivity contribution in [1.82, 2.24) is 9.88 Å². The number of nitrogens with one attached hydrogen (secondary N) is 1. The van der Waals surface area contributed by atoms with Gasteiger partial charge in [-0.25, -0.2) is 4.79 Å². The van der Waals surface area contributed by atoms with E-state index in [4.69, 9.17) is 9.47 Å². The van der Waals surface area contributed by atoms with Crippen LogP contribution in [-0.4, -0.2) is 43.0 Å². The molecule has 0 saturated heterocycles. The average molecular weight is 495 g/mol. The summed E-state index contributed by atoms with van der Waals surface area (Å²) in [7, 11) is 3.00. The summed E-state index contributed by atoms with van der Waals surface area (Å²) in [5.41, 5.74) is 4.14. The Morgan fingerprint density at radius 2 is 1.71 bits per heavy atom. The molecule has 35 heavy (non-hydrogen) atoms. The van der Waals surface area contributed by atoms with E-state index in [0.29, 0.717) is 12.8 Å². The van der Waals surface area contributed by atoms with E-state index in [-0.39, 0.29) is 12.3 Å². The highest BCUT2D eigenvalue weighted by atomic mass is 32.2. The number of nitrogens with zero attached hydrogens (tertiary/aromatic N) is 1. The second kappa shape index (κ2) is 13.0. The zero-order chi connectivity index (χ0) is 25.2. The number of carbonyl (C=O) groups is 2. The van der Waals surface area contributed by atoms with Gasteiger partial charge in [0, 0.05) is 22.7 Å². The summed E-state index contributed by atoms with van der Waals surface area (Å²) in [6.45, 7) is 2.05. The minimum atomic E-state index is -0.604.